The van der Waals surface area contributed by atoms with E-state index in [0.717, 1.165) is 29.3 Å². The number of benzene rings is 1. The summed E-state index contributed by atoms with van der Waals surface area (Å²) in [6, 6.07) is 5.62. The van der Waals surface area contributed by atoms with Crippen LogP contribution in [0.2, 0.25) is 0 Å². The minimum Gasteiger partial charge on any atom is -0.465 e. The van der Waals surface area contributed by atoms with Gasteiger partial charge in [0.25, 0.3) is 0 Å². The van der Waals surface area contributed by atoms with E-state index in [9.17, 15) is 19.5 Å². The summed E-state index contributed by atoms with van der Waals surface area (Å²) in [5, 5.41) is 17.4. The molecule has 2 atom stereocenters. The van der Waals surface area contributed by atoms with Crippen molar-refractivity contribution in [3.8, 4) is 0 Å². The van der Waals surface area contributed by atoms with Crippen LogP contribution in [-0.4, -0.2) is 56.9 Å². The van der Waals surface area contributed by atoms with Gasteiger partial charge >= 0.3 is 12.1 Å². The van der Waals surface area contributed by atoms with E-state index < -0.39 is 12.1 Å². The summed E-state index contributed by atoms with van der Waals surface area (Å²) < 4.78 is 1.76. The molecule has 0 aliphatic carbocycles. The normalized spacial score (nSPS) is 22.7. The minimum absolute atomic E-state index is 0.0591. The Labute approximate surface area is 181 Å². The van der Waals surface area contributed by atoms with Crippen molar-refractivity contribution in [1.29, 1.82) is 0 Å². The molecule has 3 heterocycles. The Bertz CT molecular complexity index is 1050. The number of hydrogen-bond donors (Lipinski definition) is 2. The molecule has 0 saturated carbocycles. The van der Waals surface area contributed by atoms with Gasteiger partial charge in [-0.3, -0.25) is 19.7 Å². The number of fused-ring (bicyclic) bond motifs is 1. The van der Waals surface area contributed by atoms with Gasteiger partial charge in [0.1, 0.15) is 0 Å². The Morgan fingerprint density at radius 1 is 1.23 bits per heavy atom. The molecule has 9 nitrogen and oxygen atoms in total. The highest BCUT2D eigenvalue weighted by Gasteiger charge is 2.39. The Kier molecular flexibility index (Phi) is 5.15. The molecule has 2 aliphatic rings. The number of carbonyl (C=O) groups is 3. The van der Waals surface area contributed by atoms with Crippen LogP contribution in [0.5, 0.6) is 0 Å². The molecule has 166 valence electrons. The molecule has 2 N–H and O–H groups in total. The lowest BCUT2D eigenvalue weighted by Crippen LogP contribution is -2.51. The first kappa shape index (κ1) is 21.1. The van der Waals surface area contributed by atoms with Crippen molar-refractivity contribution in [3.63, 3.8) is 0 Å². The first-order valence-corrected chi connectivity index (χ1v) is 10.6. The second-order valence-corrected chi connectivity index (χ2v) is 9.56. The van der Waals surface area contributed by atoms with Crippen LogP contribution in [0, 0.1) is 5.41 Å². The molecule has 2 aliphatic heterocycles. The number of nitrogens with zero attached hydrogens (tertiary/aromatic N) is 4. The van der Waals surface area contributed by atoms with Crippen molar-refractivity contribution in [2.24, 2.45) is 12.5 Å². The maximum Gasteiger partial charge on any atom is 0.407 e. The molecule has 9 heteroatoms. The van der Waals surface area contributed by atoms with Crippen molar-refractivity contribution in [1.82, 2.24) is 20.0 Å². The van der Waals surface area contributed by atoms with Crippen LogP contribution < -0.4 is 10.2 Å². The number of piperidine rings is 1. The number of rotatable bonds is 2. The highest BCUT2D eigenvalue weighted by atomic mass is 16.4. The van der Waals surface area contributed by atoms with E-state index in [1.807, 2.05) is 13.1 Å². The van der Waals surface area contributed by atoms with Gasteiger partial charge in [-0.25, -0.2) is 9.59 Å². The first-order valence-electron chi connectivity index (χ1n) is 10.6. The molecule has 2 unspecified atom stereocenters. The SMILES string of the molecule is Cn1nc(N2CCC(=O)NC2=O)c2ccc(C3CCN(C(=O)O)C(C(C)(C)C)C3)cc21. The summed E-state index contributed by atoms with van der Waals surface area (Å²) in [5.41, 5.74) is 1.91. The topological polar surface area (TPSA) is 108 Å². The highest BCUT2D eigenvalue weighted by molar-refractivity contribution is 6.08. The first-order chi connectivity index (χ1) is 14.6. The van der Waals surface area contributed by atoms with E-state index in [-0.39, 0.29) is 29.7 Å². The lowest BCUT2D eigenvalue weighted by molar-refractivity contribution is -0.120. The predicted octanol–water partition coefficient (Wildman–Crippen LogP) is 3.29. The lowest BCUT2D eigenvalue weighted by atomic mass is 9.75. The van der Waals surface area contributed by atoms with Crippen LogP contribution in [0.3, 0.4) is 0 Å². The average Bonchev–Trinajstić information content (AvgIpc) is 3.02. The number of carboxylic acid groups (broad SMARTS) is 1. The van der Waals surface area contributed by atoms with Gasteiger partial charge in [0.2, 0.25) is 5.91 Å². The molecule has 1 aromatic carbocycles. The fourth-order valence-corrected chi connectivity index (χ4v) is 4.79. The standard InChI is InChI=1S/C22H29N5O4/c1-22(2,3)17-12-14(7-9-26(17)21(30)31)13-5-6-15-16(11-13)25(4)24-19(15)27-10-8-18(28)23-20(27)29/h5-6,11,14,17H,7-10,12H2,1-4H3,(H,30,31)(H,23,28,29). The number of nitrogens with one attached hydrogen (secondary N) is 1. The van der Waals surface area contributed by atoms with Crippen molar-refractivity contribution in [3.05, 3.63) is 23.8 Å². The second-order valence-electron chi connectivity index (χ2n) is 9.56. The monoisotopic (exact) mass is 427 g/mol. The molecule has 1 aromatic heterocycles. The molecule has 2 saturated heterocycles. The molecule has 2 aromatic rings. The number of aryl methyl sites for hydroxylation is 1. The number of likely N-dealkylation sites (tertiary alicyclic amines) is 1. The van der Waals surface area contributed by atoms with Crippen LogP contribution in [-0.2, 0) is 11.8 Å². The molecule has 2 fully saturated rings. The fraction of sp³-hybridized carbons (Fsp3) is 0.545. The summed E-state index contributed by atoms with van der Waals surface area (Å²) in [7, 11) is 1.84. The molecule has 31 heavy (non-hydrogen) atoms. The van der Waals surface area contributed by atoms with Gasteiger partial charge in [0, 0.05) is 38.0 Å². The number of anilines is 1. The Morgan fingerprint density at radius 2 is 1.97 bits per heavy atom. The second kappa shape index (κ2) is 7.55. The van der Waals surface area contributed by atoms with E-state index >= 15 is 0 Å². The molecular weight excluding hydrogens is 398 g/mol. The molecule has 0 bridgehead atoms. The predicted molar refractivity (Wildman–Crippen MR) is 116 cm³/mol. The van der Waals surface area contributed by atoms with E-state index in [1.54, 1.807) is 9.58 Å². The van der Waals surface area contributed by atoms with E-state index in [4.69, 9.17) is 0 Å². The van der Waals surface area contributed by atoms with Gasteiger partial charge in [0.15, 0.2) is 5.82 Å². The van der Waals surface area contributed by atoms with Crippen LogP contribution in [0.1, 0.15) is 51.5 Å². The maximum atomic E-state index is 12.3. The third-order valence-corrected chi connectivity index (χ3v) is 6.48. The quantitative estimate of drug-likeness (QED) is 0.765. The zero-order valence-electron chi connectivity index (χ0n) is 18.4. The third kappa shape index (κ3) is 3.84. The van der Waals surface area contributed by atoms with Crippen molar-refractivity contribution in [2.45, 2.75) is 52.0 Å². The molecule has 4 amide bonds. The Hall–Kier alpha value is -3.10. The van der Waals surface area contributed by atoms with Gasteiger partial charge in [0.05, 0.1) is 5.52 Å². The highest BCUT2D eigenvalue weighted by Crippen LogP contribution is 2.40. The Balaban J connectivity index is 1.64. The van der Waals surface area contributed by atoms with Crippen LogP contribution in [0.15, 0.2) is 18.2 Å². The third-order valence-electron chi connectivity index (χ3n) is 6.48. The smallest absolute Gasteiger partial charge is 0.407 e. The van der Waals surface area contributed by atoms with Gasteiger partial charge in [-0.2, -0.15) is 5.10 Å². The van der Waals surface area contributed by atoms with Gasteiger partial charge in [-0.05, 0) is 41.9 Å². The largest absolute Gasteiger partial charge is 0.465 e. The minimum atomic E-state index is -0.858. The molecule has 4 rings (SSSR count). The number of hydrogen-bond acceptors (Lipinski definition) is 4. The number of amides is 4. The van der Waals surface area contributed by atoms with Crippen molar-refractivity contribution >= 4 is 34.8 Å². The number of aromatic nitrogens is 2. The van der Waals surface area contributed by atoms with Crippen molar-refractivity contribution in [2.75, 3.05) is 18.0 Å². The summed E-state index contributed by atoms with van der Waals surface area (Å²) in [6.07, 6.45) is 0.926. The molecule has 0 radical (unpaired) electrons. The zero-order valence-corrected chi connectivity index (χ0v) is 18.4. The number of urea groups is 1. The summed E-state index contributed by atoms with van der Waals surface area (Å²) >= 11 is 0. The zero-order chi connectivity index (χ0) is 22.5. The maximum absolute atomic E-state index is 12.3. The summed E-state index contributed by atoms with van der Waals surface area (Å²) in [5.74, 6) is 0.519. The number of carbonyl (C=O) groups excluding carboxylic acids is 2. The average molecular weight is 428 g/mol. The van der Waals surface area contributed by atoms with Gasteiger partial charge in [-0.15, -0.1) is 0 Å². The molecular formula is C22H29N5O4. The van der Waals surface area contributed by atoms with E-state index in [1.165, 1.54) is 4.90 Å². The van der Waals surface area contributed by atoms with Crippen molar-refractivity contribution < 1.29 is 19.5 Å². The Morgan fingerprint density at radius 3 is 2.61 bits per heavy atom. The van der Waals surface area contributed by atoms with Gasteiger partial charge < -0.3 is 10.0 Å². The van der Waals surface area contributed by atoms with E-state index in [2.05, 4.69) is 43.3 Å². The lowest BCUT2D eigenvalue weighted by Gasteiger charge is -2.44. The van der Waals surface area contributed by atoms with Crippen LogP contribution in [0.25, 0.3) is 10.9 Å². The molecule has 0 spiro atoms. The van der Waals surface area contributed by atoms with Crippen LogP contribution in [0.4, 0.5) is 15.4 Å². The summed E-state index contributed by atoms with van der Waals surface area (Å²) in [4.78, 5) is 38.6. The van der Waals surface area contributed by atoms with E-state index in [0.29, 0.717) is 18.9 Å². The summed E-state index contributed by atoms with van der Waals surface area (Å²) in [6.45, 7) is 7.07. The number of imide groups is 1. The van der Waals surface area contributed by atoms with Crippen LogP contribution >= 0.6 is 0 Å². The fourth-order valence-electron chi connectivity index (χ4n) is 4.79. The van der Waals surface area contributed by atoms with Gasteiger partial charge in [-0.1, -0.05) is 26.8 Å².